The summed E-state index contributed by atoms with van der Waals surface area (Å²) in [6, 6.07) is 68.7. The second-order valence-electron chi connectivity index (χ2n) is 13.0. The zero-order valence-corrected chi connectivity index (χ0v) is 28.1. The summed E-state index contributed by atoms with van der Waals surface area (Å²) >= 11 is 1.86. The molecule has 0 N–H and O–H groups in total. The van der Waals surface area contributed by atoms with Gasteiger partial charge in [0.1, 0.15) is 0 Å². The van der Waals surface area contributed by atoms with E-state index in [0.29, 0.717) is 0 Å². The molecular weight excluding hydrogens is 623 g/mol. The van der Waals surface area contributed by atoms with Crippen LogP contribution in [0.5, 0.6) is 0 Å². The highest BCUT2D eigenvalue weighted by Crippen LogP contribution is 2.40. The first-order valence-electron chi connectivity index (χ1n) is 17.1. The van der Waals surface area contributed by atoms with Crippen LogP contribution in [0.1, 0.15) is 0 Å². The van der Waals surface area contributed by atoms with Crippen LogP contribution in [-0.4, -0.2) is 0 Å². The van der Waals surface area contributed by atoms with E-state index in [4.69, 9.17) is 0 Å². The van der Waals surface area contributed by atoms with Crippen LogP contribution in [0, 0.1) is 0 Å². The average molecular weight is 654 g/mol. The van der Waals surface area contributed by atoms with Gasteiger partial charge in [0, 0.05) is 37.2 Å². The highest BCUT2D eigenvalue weighted by molar-refractivity contribution is 7.25. The Kier molecular flexibility index (Phi) is 6.75. The smallest absolute Gasteiger partial charge is 0.0462 e. The fraction of sp³-hybridized carbons (Fsp3) is 0. The third-order valence-electron chi connectivity index (χ3n) is 10.0. The first-order valence-corrected chi connectivity index (χ1v) is 17.9. The topological polar surface area (TPSA) is 3.24 Å². The minimum Gasteiger partial charge on any atom is -0.311 e. The van der Waals surface area contributed by atoms with Crippen molar-refractivity contribution in [2.45, 2.75) is 0 Å². The van der Waals surface area contributed by atoms with Crippen LogP contribution in [-0.2, 0) is 0 Å². The molecule has 0 atom stereocenters. The molecule has 234 valence electrons. The van der Waals surface area contributed by atoms with E-state index in [1.807, 2.05) is 11.3 Å². The Balaban J connectivity index is 1.02. The fourth-order valence-electron chi connectivity index (χ4n) is 7.54. The molecule has 0 aliphatic carbocycles. The van der Waals surface area contributed by atoms with Gasteiger partial charge >= 0.3 is 0 Å². The minimum atomic E-state index is 1.12. The summed E-state index contributed by atoms with van der Waals surface area (Å²) in [5, 5.41) is 10.4. The van der Waals surface area contributed by atoms with Gasteiger partial charge in [-0.15, -0.1) is 11.3 Å². The lowest BCUT2D eigenvalue weighted by Crippen LogP contribution is -2.09. The van der Waals surface area contributed by atoms with E-state index in [1.54, 1.807) is 0 Å². The van der Waals surface area contributed by atoms with Crippen LogP contribution in [0.3, 0.4) is 0 Å². The van der Waals surface area contributed by atoms with E-state index in [1.165, 1.54) is 74.7 Å². The first-order chi connectivity index (χ1) is 24.8. The third-order valence-corrected chi connectivity index (χ3v) is 11.2. The van der Waals surface area contributed by atoms with Crippen LogP contribution in [0.2, 0.25) is 0 Å². The lowest BCUT2D eigenvalue weighted by Gasteiger charge is -2.26. The molecule has 0 unspecified atom stereocenters. The van der Waals surface area contributed by atoms with Crippen LogP contribution in [0.25, 0.3) is 74.7 Å². The highest BCUT2D eigenvalue weighted by atomic mass is 32.1. The van der Waals surface area contributed by atoms with Gasteiger partial charge in [-0.1, -0.05) is 127 Å². The van der Waals surface area contributed by atoms with Crippen LogP contribution < -0.4 is 4.90 Å². The molecule has 10 aromatic rings. The molecule has 1 heterocycles. The van der Waals surface area contributed by atoms with Crippen LogP contribution in [0.4, 0.5) is 17.1 Å². The van der Waals surface area contributed by atoms with Crippen molar-refractivity contribution in [3.63, 3.8) is 0 Å². The summed E-state index contributed by atoms with van der Waals surface area (Å²) in [4.78, 5) is 2.34. The predicted molar refractivity (Wildman–Crippen MR) is 217 cm³/mol. The Labute approximate surface area is 294 Å². The van der Waals surface area contributed by atoms with Gasteiger partial charge in [0.05, 0.1) is 0 Å². The van der Waals surface area contributed by atoms with E-state index >= 15 is 0 Å². The molecule has 1 nitrogen and oxygen atoms in total. The largest absolute Gasteiger partial charge is 0.311 e. The molecule has 2 heteroatoms. The molecule has 1 aromatic heterocycles. The normalized spacial score (nSPS) is 11.6. The fourth-order valence-corrected chi connectivity index (χ4v) is 8.63. The summed E-state index contributed by atoms with van der Waals surface area (Å²) in [7, 11) is 0. The van der Waals surface area contributed by atoms with Crippen molar-refractivity contribution < 1.29 is 0 Å². The van der Waals surface area contributed by atoms with Gasteiger partial charge in [-0.3, -0.25) is 0 Å². The maximum absolute atomic E-state index is 2.36. The standard InChI is InChI=1S/C48H31NS/c1-2-9-39(10-3-1)49(41-27-22-33(23-28-41)38-24-29-47-45(31-38)43-12-6-7-13-46(43)50-47)40-25-20-32(21-26-40)37-19-16-35-15-18-36-17-14-34-8-4-5-11-42(34)48(36)44(35)30-37/h1-31H. The number of benzene rings is 9. The first kappa shape index (κ1) is 28.8. The quantitative estimate of drug-likeness (QED) is 0.167. The number of para-hydroxylation sites is 1. The zero-order valence-electron chi connectivity index (χ0n) is 27.3. The molecule has 0 aliphatic heterocycles. The molecule has 10 rings (SSSR count). The molecule has 0 saturated carbocycles. The van der Waals surface area contributed by atoms with Crippen molar-refractivity contribution in [1.29, 1.82) is 0 Å². The Bertz CT molecular complexity index is 2840. The molecule has 9 aromatic carbocycles. The monoisotopic (exact) mass is 653 g/mol. The molecule has 0 saturated heterocycles. The Morgan fingerprint density at radius 3 is 1.50 bits per heavy atom. The number of rotatable bonds is 5. The van der Waals surface area contributed by atoms with E-state index in [2.05, 4.69) is 193 Å². The number of thiophene rings is 1. The van der Waals surface area contributed by atoms with E-state index in [9.17, 15) is 0 Å². The average Bonchev–Trinajstić information content (AvgIpc) is 3.56. The van der Waals surface area contributed by atoms with Gasteiger partial charge in [0.15, 0.2) is 0 Å². The third kappa shape index (κ3) is 4.84. The van der Waals surface area contributed by atoms with Crippen LogP contribution in [0.15, 0.2) is 188 Å². The Morgan fingerprint density at radius 2 is 0.780 bits per heavy atom. The van der Waals surface area contributed by atoms with Gasteiger partial charge in [-0.05, 0) is 115 Å². The summed E-state index contributed by atoms with van der Waals surface area (Å²) in [6.07, 6.45) is 0. The second kappa shape index (κ2) is 11.7. The zero-order chi connectivity index (χ0) is 33.0. The van der Waals surface area contributed by atoms with Crippen molar-refractivity contribution in [3.05, 3.63) is 188 Å². The highest BCUT2D eigenvalue weighted by Gasteiger charge is 2.14. The lowest BCUT2D eigenvalue weighted by atomic mass is 9.94. The van der Waals surface area contributed by atoms with Crippen molar-refractivity contribution >= 4 is 80.9 Å². The van der Waals surface area contributed by atoms with Crippen molar-refractivity contribution in [2.24, 2.45) is 0 Å². The van der Waals surface area contributed by atoms with Gasteiger partial charge in [-0.25, -0.2) is 0 Å². The van der Waals surface area contributed by atoms with E-state index in [-0.39, 0.29) is 0 Å². The molecule has 0 aliphatic rings. The molecule has 0 amide bonds. The summed E-state index contributed by atoms with van der Waals surface area (Å²) in [5.41, 5.74) is 8.24. The molecule has 0 bridgehead atoms. The summed E-state index contributed by atoms with van der Waals surface area (Å²) in [5.74, 6) is 0. The number of anilines is 3. The maximum atomic E-state index is 2.36. The lowest BCUT2D eigenvalue weighted by molar-refractivity contribution is 1.28. The predicted octanol–water partition coefficient (Wildman–Crippen LogP) is 14.3. The van der Waals surface area contributed by atoms with Crippen LogP contribution >= 0.6 is 11.3 Å². The Morgan fingerprint density at radius 1 is 0.300 bits per heavy atom. The van der Waals surface area contributed by atoms with Gasteiger partial charge in [-0.2, -0.15) is 0 Å². The van der Waals surface area contributed by atoms with Gasteiger partial charge in [0.2, 0.25) is 0 Å². The Hall–Kier alpha value is -6.22. The minimum absolute atomic E-state index is 1.12. The molecule has 50 heavy (non-hydrogen) atoms. The number of nitrogens with zero attached hydrogens (tertiary/aromatic N) is 1. The van der Waals surface area contributed by atoms with E-state index in [0.717, 1.165) is 17.1 Å². The second-order valence-corrected chi connectivity index (χ2v) is 14.0. The summed E-state index contributed by atoms with van der Waals surface area (Å²) < 4.78 is 2.66. The summed E-state index contributed by atoms with van der Waals surface area (Å²) in [6.45, 7) is 0. The van der Waals surface area contributed by atoms with Crippen molar-refractivity contribution in [2.75, 3.05) is 4.90 Å². The number of hydrogen-bond donors (Lipinski definition) is 0. The van der Waals surface area contributed by atoms with Gasteiger partial charge in [0.25, 0.3) is 0 Å². The van der Waals surface area contributed by atoms with Crippen molar-refractivity contribution in [1.82, 2.24) is 0 Å². The maximum Gasteiger partial charge on any atom is 0.0462 e. The molecule has 0 fully saturated rings. The van der Waals surface area contributed by atoms with Crippen molar-refractivity contribution in [3.8, 4) is 22.3 Å². The molecule has 0 spiro atoms. The molecular formula is C48H31NS. The van der Waals surface area contributed by atoms with Gasteiger partial charge < -0.3 is 4.90 Å². The number of fused-ring (bicyclic) bond motifs is 8. The number of hydrogen-bond acceptors (Lipinski definition) is 2. The SMILES string of the molecule is c1ccc(N(c2ccc(-c3ccc4sc5ccccc5c4c3)cc2)c2ccc(-c3ccc4ccc5ccc6ccccc6c5c4c3)cc2)cc1. The van der Waals surface area contributed by atoms with E-state index < -0.39 is 0 Å². The molecule has 0 radical (unpaired) electrons.